The first kappa shape index (κ1) is 24.5. The number of nitrogens with zero attached hydrogens (tertiary/aromatic N) is 1. The molecule has 1 fully saturated rings. The van der Waals surface area contributed by atoms with Crippen molar-refractivity contribution in [2.45, 2.75) is 51.3 Å². The zero-order chi connectivity index (χ0) is 23.6. The highest BCUT2D eigenvalue weighted by molar-refractivity contribution is 5.78. The predicted molar refractivity (Wildman–Crippen MR) is 124 cm³/mol. The maximum atomic E-state index is 14.2. The highest BCUT2D eigenvalue weighted by Gasteiger charge is 2.31. The molecule has 0 saturated carbocycles. The topological polar surface area (TPSA) is 67.9 Å². The van der Waals surface area contributed by atoms with Crippen molar-refractivity contribution in [2.24, 2.45) is 0 Å². The van der Waals surface area contributed by atoms with E-state index in [1.165, 1.54) is 6.07 Å². The minimum absolute atomic E-state index is 0.0160. The summed E-state index contributed by atoms with van der Waals surface area (Å²) in [4.78, 5) is 27.1. The third-order valence-corrected chi connectivity index (χ3v) is 5.55. The summed E-state index contributed by atoms with van der Waals surface area (Å²) in [5.41, 5.74) is 1.51. The molecule has 0 radical (unpaired) electrons. The molecule has 2 aromatic carbocycles. The van der Waals surface area contributed by atoms with Crippen molar-refractivity contribution in [3.05, 3.63) is 83.9 Å². The van der Waals surface area contributed by atoms with Crippen LogP contribution in [0, 0.1) is 5.82 Å². The number of rotatable bonds is 10. The van der Waals surface area contributed by atoms with Gasteiger partial charge in [-0.15, -0.1) is 0 Å². The molecule has 0 aromatic heterocycles. The van der Waals surface area contributed by atoms with Gasteiger partial charge < -0.3 is 19.7 Å². The number of carbonyl (C=O) groups excluding carboxylic acids is 2. The molecule has 2 atom stereocenters. The molecule has 7 heteroatoms. The Labute approximate surface area is 194 Å². The van der Waals surface area contributed by atoms with Crippen LogP contribution in [-0.4, -0.2) is 42.1 Å². The number of likely N-dealkylation sites (tertiary alicyclic amines) is 1. The summed E-state index contributed by atoms with van der Waals surface area (Å²) in [6, 6.07) is 15.6. The Hall–Kier alpha value is -3.19. The van der Waals surface area contributed by atoms with Crippen molar-refractivity contribution in [3.63, 3.8) is 0 Å². The third kappa shape index (κ3) is 7.71. The maximum absolute atomic E-state index is 14.2. The lowest BCUT2D eigenvalue weighted by atomic mass is 10.0. The SMILES string of the molecule is C=C(C)OC(=O)N[C@@H](CC(=O)N1CCC[C@H]1COCc1ccccc1)Cc1ccccc1F. The molecule has 1 aliphatic rings. The average Bonchev–Trinajstić information content (AvgIpc) is 3.24. The lowest BCUT2D eigenvalue weighted by molar-refractivity contribution is -0.133. The van der Waals surface area contributed by atoms with E-state index < -0.39 is 12.1 Å². The number of nitrogens with one attached hydrogen (secondary N) is 1. The monoisotopic (exact) mass is 454 g/mol. The van der Waals surface area contributed by atoms with Crippen LogP contribution in [0.25, 0.3) is 0 Å². The fourth-order valence-electron chi connectivity index (χ4n) is 4.01. The van der Waals surface area contributed by atoms with Crippen LogP contribution in [0.1, 0.15) is 37.3 Å². The van der Waals surface area contributed by atoms with E-state index >= 15 is 0 Å². The Morgan fingerprint density at radius 2 is 1.91 bits per heavy atom. The number of amides is 2. The fourth-order valence-corrected chi connectivity index (χ4v) is 4.01. The van der Waals surface area contributed by atoms with E-state index in [1.807, 2.05) is 35.2 Å². The van der Waals surface area contributed by atoms with Gasteiger partial charge in [-0.3, -0.25) is 4.79 Å². The number of hydrogen-bond donors (Lipinski definition) is 1. The Bertz CT molecular complexity index is 950. The zero-order valence-electron chi connectivity index (χ0n) is 19.0. The smallest absolute Gasteiger partial charge is 0.412 e. The van der Waals surface area contributed by atoms with Crippen LogP contribution in [0.4, 0.5) is 9.18 Å². The molecule has 3 rings (SSSR count). The second-order valence-corrected chi connectivity index (χ2v) is 8.32. The second kappa shape index (κ2) is 12.2. The van der Waals surface area contributed by atoms with E-state index in [0.29, 0.717) is 25.3 Å². The summed E-state index contributed by atoms with van der Waals surface area (Å²) >= 11 is 0. The van der Waals surface area contributed by atoms with Gasteiger partial charge in [0.15, 0.2) is 0 Å². The number of carbonyl (C=O) groups is 2. The van der Waals surface area contributed by atoms with Crippen molar-refractivity contribution in [1.82, 2.24) is 10.2 Å². The number of benzene rings is 2. The molecule has 0 unspecified atom stereocenters. The molecule has 1 aliphatic heterocycles. The van der Waals surface area contributed by atoms with E-state index in [0.717, 1.165) is 18.4 Å². The summed E-state index contributed by atoms with van der Waals surface area (Å²) in [6.45, 7) is 6.69. The van der Waals surface area contributed by atoms with E-state index in [2.05, 4.69) is 11.9 Å². The van der Waals surface area contributed by atoms with E-state index in [9.17, 15) is 14.0 Å². The summed E-state index contributed by atoms with van der Waals surface area (Å²) < 4.78 is 25.1. The molecular weight excluding hydrogens is 423 g/mol. The first-order chi connectivity index (χ1) is 15.9. The van der Waals surface area contributed by atoms with Crippen LogP contribution in [-0.2, 0) is 27.3 Å². The molecule has 1 saturated heterocycles. The first-order valence-electron chi connectivity index (χ1n) is 11.2. The van der Waals surface area contributed by atoms with Crippen LogP contribution in [0.2, 0.25) is 0 Å². The standard InChI is InChI=1S/C26H31FN2O4/c1-19(2)33-26(31)28-22(15-21-11-6-7-13-24(21)27)16-25(30)29-14-8-12-23(29)18-32-17-20-9-4-3-5-10-20/h3-7,9-11,13,22-23H,1,8,12,14-18H2,2H3,(H,28,31)/t22-,23+/m1/s1. The molecule has 0 spiro atoms. The lowest BCUT2D eigenvalue weighted by Crippen LogP contribution is -2.44. The van der Waals surface area contributed by atoms with Crippen LogP contribution >= 0.6 is 0 Å². The van der Waals surface area contributed by atoms with Gasteiger partial charge in [-0.05, 0) is 43.4 Å². The van der Waals surface area contributed by atoms with Gasteiger partial charge in [0.1, 0.15) is 5.82 Å². The normalized spacial score (nSPS) is 16.3. The van der Waals surface area contributed by atoms with Gasteiger partial charge in [0.25, 0.3) is 0 Å². The van der Waals surface area contributed by atoms with Crippen molar-refractivity contribution in [2.75, 3.05) is 13.2 Å². The molecule has 0 aliphatic carbocycles. The maximum Gasteiger partial charge on any atom is 0.412 e. The van der Waals surface area contributed by atoms with Gasteiger partial charge in [-0.2, -0.15) is 0 Å². The Morgan fingerprint density at radius 3 is 2.64 bits per heavy atom. The van der Waals surface area contributed by atoms with Crippen LogP contribution in [0.3, 0.4) is 0 Å². The highest BCUT2D eigenvalue weighted by Crippen LogP contribution is 2.21. The van der Waals surface area contributed by atoms with Crippen molar-refractivity contribution < 1.29 is 23.5 Å². The van der Waals surface area contributed by atoms with Gasteiger partial charge in [0.05, 0.1) is 25.0 Å². The molecule has 1 heterocycles. The molecule has 2 aromatic rings. The summed E-state index contributed by atoms with van der Waals surface area (Å²) in [5, 5.41) is 2.69. The van der Waals surface area contributed by atoms with E-state index in [1.54, 1.807) is 25.1 Å². The summed E-state index contributed by atoms with van der Waals surface area (Å²) in [7, 11) is 0. The predicted octanol–water partition coefficient (Wildman–Crippen LogP) is 4.59. The quantitative estimate of drug-likeness (QED) is 0.533. The van der Waals surface area contributed by atoms with Crippen molar-refractivity contribution in [1.29, 1.82) is 0 Å². The highest BCUT2D eigenvalue weighted by atomic mass is 19.1. The molecule has 6 nitrogen and oxygen atoms in total. The molecule has 0 bridgehead atoms. The zero-order valence-corrected chi connectivity index (χ0v) is 19.0. The Balaban J connectivity index is 1.60. The lowest BCUT2D eigenvalue weighted by Gasteiger charge is -2.27. The summed E-state index contributed by atoms with van der Waals surface area (Å²) in [6.07, 6.45) is 1.26. The molecule has 1 N–H and O–H groups in total. The van der Waals surface area contributed by atoms with E-state index in [4.69, 9.17) is 9.47 Å². The number of halogens is 1. The average molecular weight is 455 g/mol. The summed E-state index contributed by atoms with van der Waals surface area (Å²) in [5.74, 6) is -0.241. The molecule has 33 heavy (non-hydrogen) atoms. The molecular formula is C26H31FN2O4. The van der Waals surface area contributed by atoms with Crippen LogP contribution < -0.4 is 5.32 Å². The Kier molecular flexibility index (Phi) is 9.01. The fraction of sp³-hybridized carbons (Fsp3) is 0.385. The molecule has 2 amide bonds. The number of hydrogen-bond acceptors (Lipinski definition) is 4. The van der Waals surface area contributed by atoms with Crippen molar-refractivity contribution in [3.8, 4) is 0 Å². The largest absolute Gasteiger partial charge is 0.416 e. The van der Waals surface area contributed by atoms with E-state index in [-0.39, 0.29) is 36.4 Å². The van der Waals surface area contributed by atoms with Gasteiger partial charge >= 0.3 is 6.09 Å². The van der Waals surface area contributed by atoms with Gasteiger partial charge in [0.2, 0.25) is 5.91 Å². The van der Waals surface area contributed by atoms with Crippen LogP contribution in [0.5, 0.6) is 0 Å². The second-order valence-electron chi connectivity index (χ2n) is 8.32. The Morgan fingerprint density at radius 1 is 1.18 bits per heavy atom. The van der Waals surface area contributed by atoms with Gasteiger partial charge in [-0.1, -0.05) is 55.1 Å². The van der Waals surface area contributed by atoms with Gasteiger partial charge in [0, 0.05) is 19.0 Å². The minimum atomic E-state index is -0.708. The number of alkyl carbamates (subject to hydrolysis) is 1. The molecule has 176 valence electrons. The minimum Gasteiger partial charge on any atom is -0.416 e. The number of allylic oxidation sites excluding steroid dienone is 1. The third-order valence-electron chi connectivity index (χ3n) is 5.55. The van der Waals surface area contributed by atoms with Crippen LogP contribution in [0.15, 0.2) is 66.9 Å². The first-order valence-corrected chi connectivity index (χ1v) is 11.2. The van der Waals surface area contributed by atoms with Crippen molar-refractivity contribution >= 4 is 12.0 Å². The van der Waals surface area contributed by atoms with Gasteiger partial charge in [-0.25, -0.2) is 9.18 Å². The number of ether oxygens (including phenoxy) is 2.